The Bertz CT molecular complexity index is 994. The third-order valence-corrected chi connectivity index (χ3v) is 4.35. The summed E-state index contributed by atoms with van der Waals surface area (Å²) >= 11 is 0. The molecule has 0 atom stereocenters. The second-order valence-electron chi connectivity index (χ2n) is 5.49. The zero-order valence-corrected chi connectivity index (χ0v) is 13.5. The quantitative estimate of drug-likeness (QED) is 0.578. The number of methoxy groups -OCH3 is 3. The van der Waals surface area contributed by atoms with Gasteiger partial charge < -0.3 is 14.2 Å². The molecule has 1 aromatic heterocycles. The predicted molar refractivity (Wildman–Crippen MR) is 90.3 cm³/mol. The van der Waals surface area contributed by atoms with Gasteiger partial charge in [-0.15, -0.1) is 0 Å². The number of hydrogen-bond acceptors (Lipinski definition) is 5. The van der Waals surface area contributed by atoms with Gasteiger partial charge in [-0.1, -0.05) is 0 Å². The molecule has 0 fully saturated rings. The van der Waals surface area contributed by atoms with E-state index in [-0.39, 0.29) is 5.78 Å². The van der Waals surface area contributed by atoms with Crippen molar-refractivity contribution in [3.63, 3.8) is 0 Å². The van der Waals surface area contributed by atoms with Gasteiger partial charge in [0.2, 0.25) is 0 Å². The Balaban J connectivity index is 2.17. The number of hydrogen-bond donors (Lipinski definition) is 0. The lowest BCUT2D eigenvalue weighted by atomic mass is 9.85. The summed E-state index contributed by atoms with van der Waals surface area (Å²) in [6, 6.07) is 9.17. The van der Waals surface area contributed by atoms with Crippen LogP contribution in [0, 0.1) is 0 Å². The maximum Gasteiger partial charge on any atom is 0.198 e. The lowest BCUT2D eigenvalue weighted by Gasteiger charge is -2.22. The molecule has 0 N–H and O–H groups in total. The third kappa shape index (κ3) is 1.81. The van der Waals surface area contributed by atoms with Crippen LogP contribution in [-0.4, -0.2) is 32.1 Å². The lowest BCUT2D eigenvalue weighted by Crippen LogP contribution is -2.13. The minimum Gasteiger partial charge on any atom is -0.497 e. The van der Waals surface area contributed by atoms with Gasteiger partial charge in [-0.3, -0.25) is 9.78 Å². The second kappa shape index (κ2) is 5.23. The van der Waals surface area contributed by atoms with Gasteiger partial charge in [0.15, 0.2) is 17.3 Å². The van der Waals surface area contributed by atoms with E-state index in [4.69, 9.17) is 14.2 Å². The molecule has 0 saturated heterocycles. The molecule has 0 amide bonds. The van der Waals surface area contributed by atoms with E-state index < -0.39 is 0 Å². The molecule has 1 aliphatic rings. The molecular weight excluding hydrogens is 306 g/mol. The number of pyridine rings is 1. The molecule has 4 rings (SSSR count). The highest BCUT2D eigenvalue weighted by Crippen LogP contribution is 2.46. The second-order valence-corrected chi connectivity index (χ2v) is 5.49. The Morgan fingerprint density at radius 1 is 0.917 bits per heavy atom. The average molecular weight is 321 g/mol. The third-order valence-electron chi connectivity index (χ3n) is 4.35. The fraction of sp³-hybridized carbons (Fsp3) is 0.158. The van der Waals surface area contributed by atoms with Crippen LogP contribution in [0.25, 0.3) is 22.0 Å². The van der Waals surface area contributed by atoms with Crippen molar-refractivity contribution < 1.29 is 19.0 Å². The molecule has 1 heterocycles. The fourth-order valence-corrected chi connectivity index (χ4v) is 3.26. The lowest BCUT2D eigenvalue weighted by molar-refractivity contribution is 0.103. The smallest absolute Gasteiger partial charge is 0.198 e. The first-order chi connectivity index (χ1) is 11.7. The highest BCUT2D eigenvalue weighted by atomic mass is 16.5. The number of ether oxygens (including phenoxy) is 3. The SMILES string of the molecule is COc1ccc2c(c1)C(=O)c1c(OC)c(OC)cc3ccnc-2c13. The summed E-state index contributed by atoms with van der Waals surface area (Å²) in [4.78, 5) is 17.7. The molecule has 0 unspecified atom stereocenters. The number of carbonyl (C=O) groups is 1. The van der Waals surface area contributed by atoms with E-state index in [1.54, 1.807) is 26.5 Å². The van der Waals surface area contributed by atoms with E-state index in [9.17, 15) is 4.79 Å². The van der Waals surface area contributed by atoms with Gasteiger partial charge in [0, 0.05) is 22.7 Å². The van der Waals surface area contributed by atoms with E-state index >= 15 is 0 Å². The van der Waals surface area contributed by atoms with Gasteiger partial charge >= 0.3 is 0 Å². The van der Waals surface area contributed by atoms with Crippen molar-refractivity contribution in [1.29, 1.82) is 0 Å². The van der Waals surface area contributed by atoms with Crippen LogP contribution in [0.1, 0.15) is 15.9 Å². The van der Waals surface area contributed by atoms with Crippen molar-refractivity contribution >= 4 is 16.6 Å². The molecule has 5 nitrogen and oxygen atoms in total. The molecular formula is C19H15NO4. The van der Waals surface area contributed by atoms with Gasteiger partial charge in [-0.05, 0) is 35.7 Å². The summed E-state index contributed by atoms with van der Waals surface area (Å²) in [5.74, 6) is 1.46. The standard InChI is InChI=1S/C19H15NO4/c1-22-11-4-5-12-13(9-11)18(21)16-15-10(6-7-20-17(12)15)8-14(23-2)19(16)24-3/h4-9H,1-3H3. The molecule has 24 heavy (non-hydrogen) atoms. The molecule has 120 valence electrons. The van der Waals surface area contributed by atoms with Crippen molar-refractivity contribution in [3.8, 4) is 28.5 Å². The normalized spacial score (nSPS) is 12.0. The maximum absolute atomic E-state index is 13.2. The monoisotopic (exact) mass is 321 g/mol. The van der Waals surface area contributed by atoms with Crippen LogP contribution in [0.5, 0.6) is 17.2 Å². The Kier molecular flexibility index (Phi) is 3.16. The van der Waals surface area contributed by atoms with Gasteiger partial charge in [0.25, 0.3) is 0 Å². The zero-order valence-electron chi connectivity index (χ0n) is 13.5. The first-order valence-electron chi connectivity index (χ1n) is 7.46. The van der Waals surface area contributed by atoms with Crippen molar-refractivity contribution in [2.24, 2.45) is 0 Å². The number of carbonyl (C=O) groups excluding carboxylic acids is 1. The largest absolute Gasteiger partial charge is 0.497 e. The van der Waals surface area contributed by atoms with Crippen LogP contribution in [0.15, 0.2) is 36.5 Å². The summed E-state index contributed by atoms with van der Waals surface area (Å²) in [6.07, 6.45) is 1.73. The highest BCUT2D eigenvalue weighted by Gasteiger charge is 2.31. The highest BCUT2D eigenvalue weighted by molar-refractivity contribution is 6.27. The van der Waals surface area contributed by atoms with Crippen molar-refractivity contribution in [2.75, 3.05) is 21.3 Å². The number of rotatable bonds is 3. The van der Waals surface area contributed by atoms with Gasteiger partial charge in [0.05, 0.1) is 32.6 Å². The van der Waals surface area contributed by atoms with E-state index in [1.807, 2.05) is 24.3 Å². The van der Waals surface area contributed by atoms with E-state index in [0.29, 0.717) is 28.4 Å². The van der Waals surface area contributed by atoms with Gasteiger partial charge in [-0.2, -0.15) is 0 Å². The summed E-state index contributed by atoms with van der Waals surface area (Å²) in [6.45, 7) is 0. The minimum atomic E-state index is -0.120. The van der Waals surface area contributed by atoms with Crippen LogP contribution >= 0.6 is 0 Å². The van der Waals surface area contributed by atoms with Crippen molar-refractivity contribution in [3.05, 3.63) is 47.7 Å². The minimum absolute atomic E-state index is 0.120. The first kappa shape index (κ1) is 14.5. The summed E-state index contributed by atoms with van der Waals surface area (Å²) < 4.78 is 16.2. The summed E-state index contributed by atoms with van der Waals surface area (Å²) in [5, 5.41) is 1.68. The van der Waals surface area contributed by atoms with Crippen molar-refractivity contribution in [1.82, 2.24) is 4.98 Å². The van der Waals surface area contributed by atoms with Crippen LogP contribution in [0.3, 0.4) is 0 Å². The first-order valence-corrected chi connectivity index (χ1v) is 7.46. The molecule has 3 aromatic rings. The topological polar surface area (TPSA) is 57.7 Å². The maximum atomic E-state index is 13.2. The Morgan fingerprint density at radius 3 is 2.46 bits per heavy atom. The van der Waals surface area contributed by atoms with Crippen LogP contribution in [-0.2, 0) is 0 Å². The Morgan fingerprint density at radius 2 is 1.75 bits per heavy atom. The Labute approximate surface area is 138 Å². The molecule has 5 heteroatoms. The number of fused-ring (bicyclic) bond motifs is 2. The summed E-state index contributed by atoms with van der Waals surface area (Å²) in [5.41, 5.74) is 2.59. The fourth-order valence-electron chi connectivity index (χ4n) is 3.26. The molecule has 1 aliphatic carbocycles. The van der Waals surface area contributed by atoms with Crippen LogP contribution < -0.4 is 14.2 Å². The summed E-state index contributed by atoms with van der Waals surface area (Å²) in [7, 11) is 4.67. The number of nitrogens with zero attached hydrogens (tertiary/aromatic N) is 1. The average Bonchev–Trinajstić information content (AvgIpc) is 2.64. The van der Waals surface area contributed by atoms with Crippen LogP contribution in [0.2, 0.25) is 0 Å². The molecule has 0 radical (unpaired) electrons. The molecule has 0 aliphatic heterocycles. The Hall–Kier alpha value is -3.08. The molecule has 0 saturated carbocycles. The number of ketones is 1. The van der Waals surface area contributed by atoms with Crippen LogP contribution in [0.4, 0.5) is 0 Å². The molecule has 0 bridgehead atoms. The van der Waals surface area contributed by atoms with Gasteiger partial charge in [-0.25, -0.2) is 0 Å². The molecule has 2 aromatic carbocycles. The predicted octanol–water partition coefficient (Wildman–Crippen LogP) is 3.47. The van der Waals surface area contributed by atoms with Crippen molar-refractivity contribution in [2.45, 2.75) is 0 Å². The number of aromatic nitrogens is 1. The number of benzene rings is 2. The van der Waals surface area contributed by atoms with E-state index in [1.165, 1.54) is 7.11 Å². The van der Waals surface area contributed by atoms with Gasteiger partial charge in [0.1, 0.15) is 5.75 Å². The van der Waals surface area contributed by atoms with E-state index in [0.717, 1.165) is 22.0 Å². The van der Waals surface area contributed by atoms with E-state index in [2.05, 4.69) is 4.98 Å². The molecule has 0 spiro atoms. The zero-order chi connectivity index (χ0) is 16.8.